The number of allylic oxidation sites excluding steroid dienone is 3. The van der Waals surface area contributed by atoms with Gasteiger partial charge in [-0.2, -0.15) is 0 Å². The van der Waals surface area contributed by atoms with Gasteiger partial charge in [-0.05, 0) is 32.1 Å². The molecule has 1 saturated heterocycles. The Morgan fingerprint density at radius 1 is 0.559 bits per heavy atom. The molecule has 1 aliphatic rings. The average molecular weight is 838 g/mol. The highest BCUT2D eigenvalue weighted by molar-refractivity contribution is 5.76. The van der Waals surface area contributed by atoms with Crippen LogP contribution in [0.25, 0.3) is 0 Å². The predicted molar refractivity (Wildman–Crippen MR) is 244 cm³/mol. The first kappa shape index (κ1) is 55.7. The maximum atomic E-state index is 12.9. The Hall–Kier alpha value is -1.33. The highest BCUT2D eigenvalue weighted by Gasteiger charge is 2.44. The minimum Gasteiger partial charge on any atom is -0.394 e. The highest BCUT2D eigenvalue weighted by Crippen LogP contribution is 2.23. The lowest BCUT2D eigenvalue weighted by molar-refractivity contribution is -0.302. The molecule has 9 heteroatoms. The topological polar surface area (TPSA) is 149 Å². The van der Waals surface area contributed by atoms with Crippen molar-refractivity contribution < 1.29 is 39.8 Å². The van der Waals surface area contributed by atoms with E-state index in [1.54, 1.807) is 6.08 Å². The fourth-order valence-electron chi connectivity index (χ4n) is 8.00. The monoisotopic (exact) mass is 838 g/mol. The first-order valence-electron chi connectivity index (χ1n) is 25.1. The van der Waals surface area contributed by atoms with Crippen LogP contribution in [0.4, 0.5) is 0 Å². The molecule has 0 aliphatic carbocycles. The summed E-state index contributed by atoms with van der Waals surface area (Å²) in [5.74, 6) is -0.185. The second kappa shape index (κ2) is 40.7. The van der Waals surface area contributed by atoms with Gasteiger partial charge in [0.25, 0.3) is 0 Å². The summed E-state index contributed by atoms with van der Waals surface area (Å²) >= 11 is 0. The molecule has 9 nitrogen and oxygen atoms in total. The summed E-state index contributed by atoms with van der Waals surface area (Å²) in [5, 5.41) is 54.2. The number of aliphatic hydroxyl groups is 5. The molecule has 0 radical (unpaired) electrons. The molecule has 0 aromatic rings. The zero-order valence-electron chi connectivity index (χ0n) is 38.3. The van der Waals surface area contributed by atoms with Gasteiger partial charge in [0.2, 0.25) is 5.91 Å². The molecule has 0 bridgehead atoms. The van der Waals surface area contributed by atoms with Crippen LogP contribution in [0, 0.1) is 0 Å². The number of rotatable bonds is 42. The fourth-order valence-corrected chi connectivity index (χ4v) is 8.00. The summed E-state index contributed by atoms with van der Waals surface area (Å²) < 4.78 is 11.2. The number of amides is 1. The summed E-state index contributed by atoms with van der Waals surface area (Å²) in [7, 11) is 0. The van der Waals surface area contributed by atoms with E-state index in [4.69, 9.17) is 9.47 Å². The maximum Gasteiger partial charge on any atom is 0.220 e. The van der Waals surface area contributed by atoms with E-state index in [1.807, 2.05) is 6.08 Å². The smallest absolute Gasteiger partial charge is 0.220 e. The van der Waals surface area contributed by atoms with Gasteiger partial charge in [-0.1, -0.05) is 218 Å². The normalized spacial score (nSPS) is 20.8. The van der Waals surface area contributed by atoms with Crippen molar-refractivity contribution in [3.63, 3.8) is 0 Å². The van der Waals surface area contributed by atoms with Gasteiger partial charge in [-0.15, -0.1) is 0 Å². The molecule has 1 fully saturated rings. The quantitative estimate of drug-likeness (QED) is 0.0263. The molecular formula is C50H95NO8. The summed E-state index contributed by atoms with van der Waals surface area (Å²) in [6, 6.07) is -0.816. The summed E-state index contributed by atoms with van der Waals surface area (Å²) in [6.45, 7) is 3.77. The molecule has 7 unspecified atom stereocenters. The van der Waals surface area contributed by atoms with Crippen LogP contribution in [0.1, 0.15) is 232 Å². The van der Waals surface area contributed by atoms with Gasteiger partial charge >= 0.3 is 0 Å². The second-order valence-electron chi connectivity index (χ2n) is 17.6. The van der Waals surface area contributed by atoms with Crippen LogP contribution in [0.3, 0.4) is 0 Å². The van der Waals surface area contributed by atoms with E-state index in [2.05, 4.69) is 31.3 Å². The van der Waals surface area contributed by atoms with Crippen LogP contribution in [-0.2, 0) is 14.3 Å². The lowest BCUT2D eigenvalue weighted by atomic mass is 9.99. The van der Waals surface area contributed by atoms with Gasteiger partial charge < -0.3 is 40.3 Å². The molecule has 0 spiro atoms. The molecule has 0 saturated carbocycles. The van der Waals surface area contributed by atoms with Gasteiger partial charge in [0, 0.05) is 6.42 Å². The van der Waals surface area contributed by atoms with Crippen molar-refractivity contribution in [2.75, 3.05) is 13.2 Å². The zero-order chi connectivity index (χ0) is 43.0. The Bertz CT molecular complexity index is 977. The fraction of sp³-hybridized carbons (Fsp3) is 0.900. The Morgan fingerprint density at radius 3 is 1.42 bits per heavy atom. The van der Waals surface area contributed by atoms with Crippen LogP contribution < -0.4 is 5.32 Å². The van der Waals surface area contributed by atoms with E-state index in [0.717, 1.165) is 38.5 Å². The molecule has 7 atom stereocenters. The number of hydrogen-bond acceptors (Lipinski definition) is 8. The van der Waals surface area contributed by atoms with Crippen LogP contribution in [-0.4, -0.2) is 87.5 Å². The van der Waals surface area contributed by atoms with Crippen LogP contribution >= 0.6 is 0 Å². The van der Waals surface area contributed by atoms with Crippen molar-refractivity contribution in [1.82, 2.24) is 5.32 Å². The first-order valence-corrected chi connectivity index (χ1v) is 25.1. The predicted octanol–water partition coefficient (Wildman–Crippen LogP) is 11.1. The minimum absolute atomic E-state index is 0.185. The van der Waals surface area contributed by atoms with Gasteiger partial charge in [-0.3, -0.25) is 4.79 Å². The third kappa shape index (κ3) is 31.2. The van der Waals surface area contributed by atoms with Crippen LogP contribution in [0.15, 0.2) is 24.3 Å². The van der Waals surface area contributed by atoms with Crippen molar-refractivity contribution in [3.05, 3.63) is 24.3 Å². The lowest BCUT2D eigenvalue weighted by Gasteiger charge is -2.40. The summed E-state index contributed by atoms with van der Waals surface area (Å²) in [4.78, 5) is 12.9. The van der Waals surface area contributed by atoms with E-state index in [9.17, 15) is 30.3 Å². The number of hydrogen-bond donors (Lipinski definition) is 6. The minimum atomic E-state index is -1.57. The van der Waals surface area contributed by atoms with Gasteiger partial charge in [0.15, 0.2) is 6.29 Å². The Morgan fingerprint density at radius 2 is 0.966 bits per heavy atom. The van der Waals surface area contributed by atoms with Crippen molar-refractivity contribution in [2.45, 2.75) is 275 Å². The number of ether oxygens (including phenoxy) is 2. The van der Waals surface area contributed by atoms with Crippen LogP contribution in [0.2, 0.25) is 0 Å². The largest absolute Gasteiger partial charge is 0.394 e. The molecule has 0 aromatic heterocycles. The average Bonchev–Trinajstić information content (AvgIpc) is 3.23. The molecule has 0 aromatic carbocycles. The van der Waals surface area contributed by atoms with E-state index < -0.39 is 49.5 Å². The van der Waals surface area contributed by atoms with E-state index in [0.29, 0.717) is 6.42 Å². The molecule has 1 rings (SSSR count). The number of unbranched alkanes of at least 4 members (excludes halogenated alkanes) is 30. The van der Waals surface area contributed by atoms with Crippen LogP contribution in [0.5, 0.6) is 0 Å². The SMILES string of the molecule is CCCCCCCCCCCCCCCCCCC/C=C/CC/C=C/C(O)C(COC1OC(CO)C(O)C(O)C1O)NC(=O)CCCCCCCCCCCCCCC. The lowest BCUT2D eigenvalue weighted by Crippen LogP contribution is -2.60. The molecule has 1 amide bonds. The van der Waals surface area contributed by atoms with Crippen molar-refractivity contribution in [3.8, 4) is 0 Å². The number of nitrogens with one attached hydrogen (secondary N) is 1. The zero-order valence-corrected chi connectivity index (χ0v) is 38.3. The Kier molecular flexibility index (Phi) is 38.4. The van der Waals surface area contributed by atoms with E-state index in [1.165, 1.54) is 173 Å². The summed E-state index contributed by atoms with van der Waals surface area (Å²) in [5.41, 5.74) is 0. The molecule has 6 N–H and O–H groups in total. The third-order valence-electron chi connectivity index (χ3n) is 12.0. The molecule has 1 aliphatic heterocycles. The summed E-state index contributed by atoms with van der Waals surface area (Å²) in [6.07, 6.45) is 42.3. The van der Waals surface area contributed by atoms with E-state index in [-0.39, 0.29) is 12.5 Å². The standard InChI is InChI=1S/C50H95NO8/c1-3-5-7-9-11-13-15-17-18-19-20-21-22-23-24-25-26-28-29-31-33-35-37-39-44(53)43(42-58-50-49(57)48(56)47(55)45(41-52)59-50)51-46(54)40-38-36-34-32-30-27-16-14-12-10-8-6-4-2/h29,31,37,39,43-45,47-50,52-53,55-57H,3-28,30,32-36,38,40-42H2,1-2H3,(H,51,54)/b31-29+,39-37+. The van der Waals surface area contributed by atoms with E-state index >= 15 is 0 Å². The molecule has 1 heterocycles. The van der Waals surface area contributed by atoms with Crippen molar-refractivity contribution in [1.29, 1.82) is 0 Å². The Labute approximate surface area is 362 Å². The molecule has 59 heavy (non-hydrogen) atoms. The second-order valence-corrected chi connectivity index (χ2v) is 17.6. The van der Waals surface area contributed by atoms with Gasteiger partial charge in [0.05, 0.1) is 25.4 Å². The van der Waals surface area contributed by atoms with Gasteiger partial charge in [0.1, 0.15) is 24.4 Å². The van der Waals surface area contributed by atoms with Crippen molar-refractivity contribution >= 4 is 5.91 Å². The highest BCUT2D eigenvalue weighted by atomic mass is 16.7. The maximum absolute atomic E-state index is 12.9. The molecule has 348 valence electrons. The molecular weight excluding hydrogens is 743 g/mol. The first-order chi connectivity index (χ1) is 28.8. The Balaban J connectivity index is 2.30. The number of aliphatic hydroxyl groups excluding tert-OH is 5. The number of carbonyl (C=O) groups is 1. The number of carbonyl (C=O) groups excluding carboxylic acids is 1. The van der Waals surface area contributed by atoms with Crippen molar-refractivity contribution in [2.24, 2.45) is 0 Å². The third-order valence-corrected chi connectivity index (χ3v) is 12.0. The van der Waals surface area contributed by atoms with Gasteiger partial charge in [-0.25, -0.2) is 0 Å².